The van der Waals surface area contributed by atoms with Gasteiger partial charge in [0.2, 0.25) is 0 Å². The number of ether oxygens (including phenoxy) is 1. The number of carbonyl (C=O) groups is 1. The smallest absolute Gasteiger partial charge is 0.407 e. The van der Waals surface area contributed by atoms with Crippen LogP contribution in [0.25, 0.3) is 10.9 Å². The molecule has 2 rings (SSSR count). The van der Waals surface area contributed by atoms with E-state index < -0.39 is 11.7 Å². The predicted molar refractivity (Wildman–Crippen MR) is 109 cm³/mol. The van der Waals surface area contributed by atoms with E-state index in [1.54, 1.807) is 7.05 Å². The lowest BCUT2D eigenvalue weighted by molar-refractivity contribution is 0.0529. The first kappa shape index (κ1) is 20.5. The van der Waals surface area contributed by atoms with Gasteiger partial charge in [-0.05, 0) is 38.8 Å². The average Bonchev–Trinajstić information content (AvgIpc) is 2.62. The van der Waals surface area contributed by atoms with E-state index in [9.17, 15) is 4.79 Å². The second-order valence-electron chi connectivity index (χ2n) is 7.10. The lowest BCUT2D eigenvalue weighted by Gasteiger charge is -2.20. The number of hydrogen-bond donors (Lipinski definition) is 3. The summed E-state index contributed by atoms with van der Waals surface area (Å²) >= 11 is 0. The normalized spacial score (nSPS) is 11.9. The Balaban J connectivity index is 1.72. The lowest BCUT2D eigenvalue weighted by Crippen LogP contribution is -2.43. The zero-order valence-corrected chi connectivity index (χ0v) is 16.5. The number of fused-ring (bicyclic) bond motifs is 1. The Morgan fingerprint density at radius 3 is 2.52 bits per heavy atom. The van der Waals surface area contributed by atoms with Crippen LogP contribution in [-0.4, -0.2) is 49.3 Å². The summed E-state index contributed by atoms with van der Waals surface area (Å²) in [6.07, 6.45) is 2.23. The summed E-state index contributed by atoms with van der Waals surface area (Å²) in [5, 5.41) is 10.3. The quantitative estimate of drug-likeness (QED) is 0.412. The van der Waals surface area contributed by atoms with Crippen LogP contribution in [0.5, 0.6) is 0 Å². The maximum Gasteiger partial charge on any atom is 0.407 e. The highest BCUT2D eigenvalue weighted by Gasteiger charge is 2.15. The van der Waals surface area contributed by atoms with E-state index in [1.807, 2.05) is 33.0 Å². The van der Waals surface area contributed by atoms with E-state index in [1.165, 1.54) is 5.56 Å². The van der Waals surface area contributed by atoms with Crippen molar-refractivity contribution in [3.63, 3.8) is 0 Å². The molecule has 1 amide bonds. The number of hydrogen-bond acceptors (Lipinski definition) is 4. The van der Waals surface area contributed by atoms with E-state index in [0.29, 0.717) is 19.0 Å². The minimum absolute atomic E-state index is 0.421. The van der Waals surface area contributed by atoms with Gasteiger partial charge >= 0.3 is 6.09 Å². The topological polar surface area (TPSA) is 87.6 Å². The summed E-state index contributed by atoms with van der Waals surface area (Å²) in [6.45, 7) is 7.23. The van der Waals surface area contributed by atoms with Crippen LogP contribution in [0.15, 0.2) is 41.5 Å². The Labute approximate surface area is 160 Å². The number of carbonyl (C=O) groups excluding carboxylic acids is 1. The van der Waals surface area contributed by atoms with Gasteiger partial charge in [-0.25, -0.2) is 4.79 Å². The van der Waals surface area contributed by atoms with E-state index in [0.717, 1.165) is 23.9 Å². The molecule has 0 spiro atoms. The van der Waals surface area contributed by atoms with Gasteiger partial charge in [0.1, 0.15) is 5.60 Å². The van der Waals surface area contributed by atoms with Crippen molar-refractivity contribution in [2.24, 2.45) is 4.99 Å². The summed E-state index contributed by atoms with van der Waals surface area (Å²) in [5.74, 6) is 0.689. The molecular formula is C20H29N5O2. The van der Waals surface area contributed by atoms with Crippen molar-refractivity contribution in [2.45, 2.75) is 32.8 Å². The van der Waals surface area contributed by atoms with Crippen LogP contribution < -0.4 is 16.0 Å². The molecule has 0 fully saturated rings. The molecule has 0 atom stereocenters. The van der Waals surface area contributed by atoms with Crippen molar-refractivity contribution in [1.82, 2.24) is 20.9 Å². The number of rotatable bonds is 6. The molecule has 0 saturated heterocycles. The maximum atomic E-state index is 11.6. The Kier molecular flexibility index (Phi) is 7.40. The maximum absolute atomic E-state index is 11.6. The molecule has 7 nitrogen and oxygen atoms in total. The number of para-hydroxylation sites is 1. The van der Waals surface area contributed by atoms with Crippen LogP contribution in [0.2, 0.25) is 0 Å². The molecule has 0 radical (unpaired) electrons. The number of aliphatic imine (C=N–C) groups is 1. The Bertz CT molecular complexity index is 778. The number of nitrogens with zero attached hydrogens (tertiary/aromatic N) is 2. The van der Waals surface area contributed by atoms with Gasteiger partial charge in [0.05, 0.1) is 5.52 Å². The van der Waals surface area contributed by atoms with Gasteiger partial charge in [0.15, 0.2) is 5.96 Å². The monoisotopic (exact) mass is 371 g/mol. The molecule has 1 aromatic heterocycles. The van der Waals surface area contributed by atoms with Crippen LogP contribution in [0.4, 0.5) is 4.79 Å². The molecular weight excluding hydrogens is 342 g/mol. The number of amides is 1. The molecule has 0 aliphatic carbocycles. The molecule has 0 saturated carbocycles. The third-order valence-corrected chi connectivity index (χ3v) is 3.71. The highest BCUT2D eigenvalue weighted by molar-refractivity contribution is 5.82. The Morgan fingerprint density at radius 1 is 1.07 bits per heavy atom. The van der Waals surface area contributed by atoms with Crippen molar-refractivity contribution < 1.29 is 9.53 Å². The molecule has 1 heterocycles. The summed E-state index contributed by atoms with van der Waals surface area (Å²) in [4.78, 5) is 20.3. The van der Waals surface area contributed by atoms with Gasteiger partial charge in [0.25, 0.3) is 0 Å². The summed E-state index contributed by atoms with van der Waals surface area (Å²) in [6, 6.07) is 10.2. The first-order valence-electron chi connectivity index (χ1n) is 9.13. The van der Waals surface area contributed by atoms with E-state index in [4.69, 9.17) is 4.74 Å². The minimum atomic E-state index is -0.494. The van der Waals surface area contributed by atoms with Gasteiger partial charge in [-0.15, -0.1) is 0 Å². The Morgan fingerprint density at radius 2 is 1.78 bits per heavy atom. The Hall–Kier alpha value is -2.83. The van der Waals surface area contributed by atoms with E-state index >= 15 is 0 Å². The fourth-order valence-corrected chi connectivity index (χ4v) is 2.56. The SMILES string of the molecule is CN=C(NCCNC(=O)OC(C)(C)C)NCCc1cccc2cccnc12. The van der Waals surface area contributed by atoms with Crippen LogP contribution in [0, 0.1) is 0 Å². The summed E-state index contributed by atoms with van der Waals surface area (Å²) < 4.78 is 5.19. The van der Waals surface area contributed by atoms with Crippen molar-refractivity contribution in [1.29, 1.82) is 0 Å². The van der Waals surface area contributed by atoms with Gasteiger partial charge in [0, 0.05) is 38.3 Å². The van der Waals surface area contributed by atoms with Crippen LogP contribution in [0.3, 0.4) is 0 Å². The standard InChI is InChI=1S/C20H29N5O2/c1-20(2,3)27-19(26)25-14-13-24-18(21-4)23-12-10-16-8-5-7-15-9-6-11-22-17(15)16/h5-9,11H,10,12-14H2,1-4H3,(H,25,26)(H2,21,23,24). The van der Waals surface area contributed by atoms with E-state index in [2.05, 4.69) is 50.2 Å². The number of pyridine rings is 1. The zero-order chi connectivity index (χ0) is 19.7. The lowest BCUT2D eigenvalue weighted by atomic mass is 10.1. The second kappa shape index (κ2) is 9.75. The number of alkyl carbamates (subject to hydrolysis) is 1. The van der Waals surface area contributed by atoms with Crippen molar-refractivity contribution >= 4 is 23.0 Å². The van der Waals surface area contributed by atoms with Crippen molar-refractivity contribution in [2.75, 3.05) is 26.7 Å². The minimum Gasteiger partial charge on any atom is -0.444 e. The first-order valence-corrected chi connectivity index (χ1v) is 9.13. The number of aromatic nitrogens is 1. The molecule has 0 aliphatic heterocycles. The highest BCUT2D eigenvalue weighted by atomic mass is 16.6. The van der Waals surface area contributed by atoms with Gasteiger partial charge in [-0.3, -0.25) is 9.98 Å². The summed E-state index contributed by atoms with van der Waals surface area (Å²) in [5.41, 5.74) is 1.74. The highest BCUT2D eigenvalue weighted by Crippen LogP contribution is 2.15. The molecule has 7 heteroatoms. The number of nitrogens with one attached hydrogen (secondary N) is 3. The molecule has 146 valence electrons. The predicted octanol–water partition coefficient (Wildman–Crippen LogP) is 2.47. The fourth-order valence-electron chi connectivity index (χ4n) is 2.56. The largest absolute Gasteiger partial charge is 0.444 e. The second-order valence-corrected chi connectivity index (χ2v) is 7.10. The zero-order valence-electron chi connectivity index (χ0n) is 16.5. The van der Waals surface area contributed by atoms with Gasteiger partial charge < -0.3 is 20.7 Å². The van der Waals surface area contributed by atoms with E-state index in [-0.39, 0.29) is 0 Å². The molecule has 0 aliphatic rings. The van der Waals surface area contributed by atoms with Crippen molar-refractivity contribution in [3.05, 3.63) is 42.1 Å². The average molecular weight is 371 g/mol. The summed E-state index contributed by atoms with van der Waals surface area (Å²) in [7, 11) is 1.72. The fraction of sp³-hybridized carbons (Fsp3) is 0.450. The molecule has 3 N–H and O–H groups in total. The number of benzene rings is 1. The van der Waals surface area contributed by atoms with Gasteiger partial charge in [-0.1, -0.05) is 24.3 Å². The van der Waals surface area contributed by atoms with Gasteiger partial charge in [-0.2, -0.15) is 0 Å². The third-order valence-electron chi connectivity index (χ3n) is 3.71. The first-order chi connectivity index (χ1) is 12.9. The molecule has 1 aromatic carbocycles. The molecule has 0 bridgehead atoms. The molecule has 27 heavy (non-hydrogen) atoms. The third kappa shape index (κ3) is 7.13. The number of guanidine groups is 1. The van der Waals surface area contributed by atoms with Crippen LogP contribution in [0.1, 0.15) is 26.3 Å². The van der Waals surface area contributed by atoms with Crippen LogP contribution in [-0.2, 0) is 11.2 Å². The van der Waals surface area contributed by atoms with Crippen LogP contribution >= 0.6 is 0 Å². The molecule has 0 unspecified atom stereocenters. The van der Waals surface area contributed by atoms with Crippen molar-refractivity contribution in [3.8, 4) is 0 Å². The molecule has 2 aromatic rings.